The third-order valence-corrected chi connectivity index (χ3v) is 6.16. The van der Waals surface area contributed by atoms with Gasteiger partial charge in [-0.15, -0.1) is 0 Å². The molecule has 2 heterocycles. The molecule has 196 valence electrons. The Balaban J connectivity index is 1.91. The highest BCUT2D eigenvalue weighted by atomic mass is 35.5. The summed E-state index contributed by atoms with van der Waals surface area (Å²) in [5, 5.41) is 6.56. The van der Waals surface area contributed by atoms with Gasteiger partial charge >= 0.3 is 0 Å². The third-order valence-electron chi connectivity index (χ3n) is 5.89. The van der Waals surface area contributed by atoms with Gasteiger partial charge in [-0.1, -0.05) is 18.2 Å². The number of amides is 1. The quantitative estimate of drug-likeness (QED) is 0.409. The predicted molar refractivity (Wildman–Crippen MR) is 146 cm³/mol. The first-order valence-corrected chi connectivity index (χ1v) is 12.2. The standard InChI is InChI=1S/C25H36ClN7O3/c1-7-23(34)28-19-13-20(22(35-6)14-21(19)32(4)11-10-31(2)3)29-25-27-15-18(26)24(30-25)33(5)16-17-9-8-12-36-17/h7,13-15,17H,1,8-12,16H2,2-6H3,(H,28,34)(H,27,29,30)/t17-/m0/s1. The highest BCUT2D eigenvalue weighted by Crippen LogP contribution is 2.38. The minimum absolute atomic E-state index is 0.158. The number of benzene rings is 1. The van der Waals surface area contributed by atoms with Gasteiger partial charge in [0.2, 0.25) is 11.9 Å². The Morgan fingerprint density at radius 1 is 1.25 bits per heavy atom. The van der Waals surface area contributed by atoms with E-state index in [1.807, 2.05) is 39.2 Å². The Kier molecular flexibility index (Phi) is 9.74. The van der Waals surface area contributed by atoms with E-state index in [1.165, 1.54) is 6.08 Å². The van der Waals surface area contributed by atoms with Gasteiger partial charge in [0.25, 0.3) is 0 Å². The predicted octanol–water partition coefficient (Wildman–Crippen LogP) is 3.62. The first-order chi connectivity index (χ1) is 17.2. The van der Waals surface area contributed by atoms with Crippen LogP contribution >= 0.6 is 11.6 Å². The molecule has 2 aromatic rings. The van der Waals surface area contributed by atoms with Crippen LogP contribution in [0.2, 0.25) is 5.02 Å². The summed E-state index contributed by atoms with van der Waals surface area (Å²) in [4.78, 5) is 27.3. The van der Waals surface area contributed by atoms with Gasteiger partial charge < -0.3 is 34.8 Å². The van der Waals surface area contributed by atoms with E-state index in [1.54, 1.807) is 19.4 Å². The lowest BCUT2D eigenvalue weighted by molar-refractivity contribution is -0.111. The Morgan fingerprint density at radius 2 is 2.03 bits per heavy atom. The lowest BCUT2D eigenvalue weighted by atomic mass is 10.2. The van der Waals surface area contributed by atoms with E-state index in [-0.39, 0.29) is 12.0 Å². The van der Waals surface area contributed by atoms with Crippen LogP contribution in [-0.4, -0.2) is 88.4 Å². The van der Waals surface area contributed by atoms with Gasteiger partial charge in [0.05, 0.1) is 36.5 Å². The molecule has 11 heteroatoms. The molecule has 10 nitrogen and oxygen atoms in total. The summed E-state index contributed by atoms with van der Waals surface area (Å²) in [6, 6.07) is 3.67. The van der Waals surface area contributed by atoms with Crippen LogP contribution in [0.4, 0.5) is 28.8 Å². The highest BCUT2D eigenvalue weighted by molar-refractivity contribution is 6.32. The SMILES string of the molecule is C=CC(=O)Nc1cc(Nc2ncc(Cl)c(N(C)C[C@@H]3CCCO3)n2)c(OC)cc1N(C)CCN(C)C. The minimum atomic E-state index is -0.311. The zero-order chi connectivity index (χ0) is 26.2. The molecular formula is C25H36ClN7O3. The number of anilines is 5. The summed E-state index contributed by atoms with van der Waals surface area (Å²) in [6.07, 6.45) is 5.04. The topological polar surface area (TPSA) is 95.1 Å². The molecule has 1 amide bonds. The number of nitrogens with one attached hydrogen (secondary N) is 2. The van der Waals surface area contributed by atoms with Crippen molar-refractivity contribution in [2.24, 2.45) is 0 Å². The summed E-state index contributed by atoms with van der Waals surface area (Å²) in [7, 11) is 9.52. The van der Waals surface area contributed by atoms with Crippen molar-refractivity contribution in [3.63, 3.8) is 0 Å². The first-order valence-electron chi connectivity index (χ1n) is 11.9. The van der Waals surface area contributed by atoms with E-state index in [4.69, 9.17) is 21.1 Å². The lowest BCUT2D eigenvalue weighted by Gasteiger charge is -2.26. The van der Waals surface area contributed by atoms with Gasteiger partial charge in [0, 0.05) is 46.4 Å². The van der Waals surface area contributed by atoms with E-state index >= 15 is 0 Å². The molecule has 1 aliphatic heterocycles. The van der Waals surface area contributed by atoms with Gasteiger partial charge in [-0.2, -0.15) is 4.98 Å². The molecule has 0 unspecified atom stereocenters. The number of carbonyl (C=O) groups is 1. The fourth-order valence-electron chi connectivity index (χ4n) is 3.89. The van der Waals surface area contributed by atoms with Crippen LogP contribution in [0.25, 0.3) is 0 Å². The number of methoxy groups -OCH3 is 1. The van der Waals surface area contributed by atoms with Gasteiger partial charge in [0.15, 0.2) is 5.82 Å². The van der Waals surface area contributed by atoms with Gasteiger partial charge in [0.1, 0.15) is 10.8 Å². The number of nitrogens with zero attached hydrogens (tertiary/aromatic N) is 5. The molecule has 1 fully saturated rings. The summed E-state index contributed by atoms with van der Waals surface area (Å²) in [5.41, 5.74) is 2.01. The second-order valence-corrected chi connectivity index (χ2v) is 9.40. The van der Waals surface area contributed by atoms with Crippen molar-refractivity contribution in [2.75, 3.05) is 82.0 Å². The molecule has 1 saturated heterocycles. The maximum absolute atomic E-state index is 12.2. The molecule has 0 radical (unpaired) electrons. The zero-order valence-electron chi connectivity index (χ0n) is 21.7. The van der Waals surface area contributed by atoms with E-state index in [0.717, 1.165) is 38.2 Å². The first kappa shape index (κ1) is 27.5. The van der Waals surface area contributed by atoms with Crippen molar-refractivity contribution < 1.29 is 14.3 Å². The Morgan fingerprint density at radius 3 is 2.67 bits per heavy atom. The van der Waals surface area contributed by atoms with Gasteiger partial charge in [-0.05, 0) is 39.1 Å². The number of likely N-dealkylation sites (N-methyl/N-ethyl adjacent to an activating group) is 3. The molecular weight excluding hydrogens is 482 g/mol. The largest absolute Gasteiger partial charge is 0.494 e. The van der Waals surface area contributed by atoms with Crippen LogP contribution in [0.5, 0.6) is 5.75 Å². The molecule has 0 bridgehead atoms. The molecule has 1 aromatic carbocycles. The number of halogens is 1. The number of hydrogen-bond donors (Lipinski definition) is 2. The van der Waals surface area contributed by atoms with E-state index in [2.05, 4.69) is 37.0 Å². The Bertz CT molecular complexity index is 1060. The highest BCUT2D eigenvalue weighted by Gasteiger charge is 2.21. The van der Waals surface area contributed by atoms with Gasteiger partial charge in [-0.25, -0.2) is 4.98 Å². The fraction of sp³-hybridized carbons (Fsp3) is 0.480. The number of hydrogen-bond acceptors (Lipinski definition) is 9. The van der Waals surface area contributed by atoms with E-state index in [0.29, 0.717) is 40.5 Å². The van der Waals surface area contributed by atoms with Crippen molar-refractivity contribution in [3.05, 3.63) is 36.0 Å². The van der Waals surface area contributed by atoms with Crippen LogP contribution in [0.3, 0.4) is 0 Å². The Hall–Kier alpha value is -3.08. The summed E-state index contributed by atoms with van der Waals surface area (Å²) in [5.74, 6) is 1.21. The van der Waals surface area contributed by atoms with E-state index < -0.39 is 0 Å². The number of aromatic nitrogens is 2. The smallest absolute Gasteiger partial charge is 0.247 e. The molecule has 36 heavy (non-hydrogen) atoms. The number of rotatable bonds is 12. The van der Waals surface area contributed by atoms with Crippen LogP contribution in [-0.2, 0) is 9.53 Å². The second kappa shape index (κ2) is 12.8. The Labute approximate surface area is 218 Å². The average molecular weight is 518 g/mol. The molecule has 3 rings (SSSR count). The van der Waals surface area contributed by atoms with Crippen LogP contribution in [0, 0.1) is 0 Å². The maximum Gasteiger partial charge on any atom is 0.247 e. The average Bonchev–Trinajstić information content (AvgIpc) is 3.36. The number of ether oxygens (including phenoxy) is 2. The van der Waals surface area contributed by atoms with Gasteiger partial charge in [-0.3, -0.25) is 4.79 Å². The molecule has 0 spiro atoms. The number of carbonyl (C=O) groups excluding carboxylic acids is 1. The molecule has 0 aliphatic carbocycles. The van der Waals surface area contributed by atoms with Crippen molar-refractivity contribution in [1.82, 2.24) is 14.9 Å². The molecule has 1 aliphatic rings. The summed E-state index contributed by atoms with van der Waals surface area (Å²) >= 11 is 6.42. The second-order valence-electron chi connectivity index (χ2n) is 8.99. The molecule has 1 atom stereocenters. The summed E-state index contributed by atoms with van der Waals surface area (Å²) < 4.78 is 11.4. The van der Waals surface area contributed by atoms with Crippen LogP contribution in [0.1, 0.15) is 12.8 Å². The maximum atomic E-state index is 12.2. The normalized spacial score (nSPS) is 15.0. The minimum Gasteiger partial charge on any atom is -0.494 e. The fourth-order valence-corrected chi connectivity index (χ4v) is 4.13. The van der Waals surface area contributed by atoms with Crippen molar-refractivity contribution in [1.29, 1.82) is 0 Å². The third kappa shape index (κ3) is 7.22. The summed E-state index contributed by atoms with van der Waals surface area (Å²) in [6.45, 7) is 6.63. The van der Waals surface area contributed by atoms with Crippen molar-refractivity contribution in [3.8, 4) is 5.75 Å². The lowest BCUT2D eigenvalue weighted by Crippen LogP contribution is -2.29. The molecule has 1 aromatic heterocycles. The zero-order valence-corrected chi connectivity index (χ0v) is 22.4. The monoisotopic (exact) mass is 517 g/mol. The molecule has 2 N–H and O–H groups in total. The van der Waals surface area contributed by atoms with E-state index in [9.17, 15) is 4.79 Å². The van der Waals surface area contributed by atoms with Crippen molar-refractivity contribution in [2.45, 2.75) is 18.9 Å². The molecule has 0 saturated carbocycles. The van der Waals surface area contributed by atoms with Crippen LogP contribution in [0.15, 0.2) is 31.0 Å². The van der Waals surface area contributed by atoms with Crippen LogP contribution < -0.4 is 25.2 Å². The van der Waals surface area contributed by atoms with Crippen molar-refractivity contribution >= 4 is 46.3 Å².